The van der Waals surface area contributed by atoms with Crippen LogP contribution in [0.1, 0.15) is 24.8 Å². The minimum atomic E-state index is -0.881. The van der Waals surface area contributed by atoms with Gasteiger partial charge in [-0.15, -0.1) is 0 Å². The van der Waals surface area contributed by atoms with Gasteiger partial charge in [0.05, 0.1) is 26.3 Å². The summed E-state index contributed by atoms with van der Waals surface area (Å²) in [5.74, 6) is -0.633. The van der Waals surface area contributed by atoms with Crippen molar-refractivity contribution in [1.29, 1.82) is 0 Å². The van der Waals surface area contributed by atoms with E-state index in [0.29, 0.717) is 23.6 Å². The lowest BCUT2D eigenvalue weighted by molar-refractivity contribution is -0.138. The Bertz CT molecular complexity index is 378. The lowest BCUT2D eigenvalue weighted by atomic mass is 9.97. The minimum absolute atomic E-state index is 0.385. The van der Waals surface area contributed by atoms with Crippen LogP contribution < -0.4 is 9.47 Å². The molecule has 1 atom stereocenters. The SMILES string of the molecule is CCC(C(=O)O)c1cc(OC)ncc1OC. The van der Waals surface area contributed by atoms with Crippen molar-refractivity contribution in [3.63, 3.8) is 0 Å². The van der Waals surface area contributed by atoms with Crippen LogP contribution in [0.2, 0.25) is 0 Å². The summed E-state index contributed by atoms with van der Waals surface area (Å²) in [4.78, 5) is 15.0. The largest absolute Gasteiger partial charge is 0.495 e. The van der Waals surface area contributed by atoms with Gasteiger partial charge in [-0.25, -0.2) is 4.98 Å². The Morgan fingerprint density at radius 3 is 2.62 bits per heavy atom. The molecule has 1 N–H and O–H groups in total. The fourth-order valence-electron chi connectivity index (χ4n) is 1.52. The van der Waals surface area contributed by atoms with Crippen LogP contribution in [0, 0.1) is 0 Å². The van der Waals surface area contributed by atoms with E-state index in [4.69, 9.17) is 14.6 Å². The molecule has 0 aromatic carbocycles. The molecule has 0 spiro atoms. The van der Waals surface area contributed by atoms with Gasteiger partial charge in [0.15, 0.2) is 0 Å². The average Bonchev–Trinajstić information content (AvgIpc) is 2.29. The highest BCUT2D eigenvalue weighted by Gasteiger charge is 2.22. The maximum Gasteiger partial charge on any atom is 0.311 e. The van der Waals surface area contributed by atoms with Crippen LogP contribution in [-0.4, -0.2) is 30.3 Å². The quantitative estimate of drug-likeness (QED) is 0.825. The van der Waals surface area contributed by atoms with Gasteiger partial charge in [-0.1, -0.05) is 6.92 Å². The van der Waals surface area contributed by atoms with E-state index < -0.39 is 11.9 Å². The Morgan fingerprint density at radius 1 is 1.50 bits per heavy atom. The maximum absolute atomic E-state index is 11.1. The lowest BCUT2D eigenvalue weighted by Gasteiger charge is -2.14. The van der Waals surface area contributed by atoms with E-state index in [9.17, 15) is 4.79 Å². The van der Waals surface area contributed by atoms with Gasteiger partial charge < -0.3 is 14.6 Å². The molecule has 0 aliphatic heterocycles. The Hall–Kier alpha value is -1.78. The lowest BCUT2D eigenvalue weighted by Crippen LogP contribution is -2.12. The summed E-state index contributed by atoms with van der Waals surface area (Å²) in [6, 6.07) is 1.60. The van der Waals surface area contributed by atoms with E-state index in [-0.39, 0.29) is 0 Å². The van der Waals surface area contributed by atoms with Gasteiger partial charge in [-0.2, -0.15) is 0 Å². The molecule has 88 valence electrons. The van der Waals surface area contributed by atoms with Crippen LogP contribution in [0.5, 0.6) is 11.6 Å². The Kier molecular flexibility index (Phi) is 4.10. The molecule has 0 bridgehead atoms. The molecule has 0 amide bonds. The molecular weight excluding hydrogens is 210 g/mol. The molecule has 1 heterocycles. The molecular formula is C11H15NO4. The number of ether oxygens (including phenoxy) is 2. The summed E-state index contributed by atoms with van der Waals surface area (Å²) in [5.41, 5.74) is 0.587. The van der Waals surface area contributed by atoms with Crippen LogP contribution in [0.3, 0.4) is 0 Å². The minimum Gasteiger partial charge on any atom is -0.495 e. The number of carboxylic acid groups (broad SMARTS) is 1. The molecule has 0 saturated heterocycles. The number of rotatable bonds is 5. The van der Waals surface area contributed by atoms with Crippen molar-refractivity contribution in [2.45, 2.75) is 19.3 Å². The highest BCUT2D eigenvalue weighted by Crippen LogP contribution is 2.30. The fraction of sp³-hybridized carbons (Fsp3) is 0.455. The first-order valence-corrected chi connectivity index (χ1v) is 4.94. The van der Waals surface area contributed by atoms with Crippen molar-refractivity contribution in [3.8, 4) is 11.6 Å². The van der Waals surface area contributed by atoms with E-state index >= 15 is 0 Å². The number of nitrogens with zero attached hydrogens (tertiary/aromatic N) is 1. The molecule has 1 aromatic heterocycles. The second kappa shape index (κ2) is 5.34. The van der Waals surface area contributed by atoms with Gasteiger partial charge in [0.2, 0.25) is 5.88 Å². The van der Waals surface area contributed by atoms with Crippen molar-refractivity contribution in [3.05, 3.63) is 17.8 Å². The molecule has 1 rings (SSSR count). The molecule has 1 aromatic rings. The summed E-state index contributed by atoms with van der Waals surface area (Å²) in [6.07, 6.45) is 1.96. The molecule has 5 nitrogen and oxygen atoms in total. The Labute approximate surface area is 94.0 Å². The molecule has 0 saturated carbocycles. The van der Waals surface area contributed by atoms with Gasteiger partial charge in [0.1, 0.15) is 5.75 Å². The molecule has 0 aliphatic rings. The van der Waals surface area contributed by atoms with Crippen molar-refractivity contribution in [2.75, 3.05) is 14.2 Å². The summed E-state index contributed by atoms with van der Waals surface area (Å²) in [7, 11) is 2.97. The highest BCUT2D eigenvalue weighted by molar-refractivity contribution is 5.77. The monoisotopic (exact) mass is 225 g/mol. The first-order valence-electron chi connectivity index (χ1n) is 4.94. The van der Waals surface area contributed by atoms with Crippen LogP contribution in [0.4, 0.5) is 0 Å². The number of pyridine rings is 1. The molecule has 0 radical (unpaired) electrons. The van der Waals surface area contributed by atoms with Crippen molar-refractivity contribution in [2.24, 2.45) is 0 Å². The second-order valence-electron chi connectivity index (χ2n) is 3.27. The van der Waals surface area contributed by atoms with E-state index in [1.807, 2.05) is 6.92 Å². The van der Waals surface area contributed by atoms with Crippen molar-refractivity contribution in [1.82, 2.24) is 4.98 Å². The van der Waals surface area contributed by atoms with E-state index in [0.717, 1.165) is 0 Å². The molecule has 5 heteroatoms. The maximum atomic E-state index is 11.1. The van der Waals surface area contributed by atoms with Crippen molar-refractivity contribution >= 4 is 5.97 Å². The highest BCUT2D eigenvalue weighted by atomic mass is 16.5. The fourth-order valence-corrected chi connectivity index (χ4v) is 1.52. The smallest absolute Gasteiger partial charge is 0.311 e. The summed E-state index contributed by atoms with van der Waals surface area (Å²) < 4.78 is 10.1. The number of methoxy groups -OCH3 is 2. The third-order valence-corrected chi connectivity index (χ3v) is 2.38. The summed E-state index contributed by atoms with van der Waals surface area (Å²) in [6.45, 7) is 1.81. The van der Waals surface area contributed by atoms with E-state index in [1.54, 1.807) is 6.07 Å². The zero-order valence-corrected chi connectivity index (χ0v) is 9.56. The van der Waals surface area contributed by atoms with Crippen LogP contribution in [0.15, 0.2) is 12.3 Å². The van der Waals surface area contributed by atoms with Gasteiger partial charge in [-0.3, -0.25) is 4.79 Å². The van der Waals surface area contributed by atoms with Gasteiger partial charge >= 0.3 is 5.97 Å². The van der Waals surface area contributed by atoms with E-state index in [2.05, 4.69) is 4.98 Å². The molecule has 0 fully saturated rings. The van der Waals surface area contributed by atoms with Crippen LogP contribution in [0.25, 0.3) is 0 Å². The number of carboxylic acids is 1. The normalized spacial score (nSPS) is 11.9. The van der Waals surface area contributed by atoms with Gasteiger partial charge in [0, 0.05) is 11.6 Å². The second-order valence-corrected chi connectivity index (χ2v) is 3.27. The zero-order chi connectivity index (χ0) is 12.1. The Balaban J connectivity index is 3.21. The zero-order valence-electron chi connectivity index (χ0n) is 9.56. The standard InChI is InChI=1S/C11H15NO4/c1-4-7(11(13)14)8-5-10(16-3)12-6-9(8)15-2/h5-7H,4H2,1-3H3,(H,13,14). The third kappa shape index (κ3) is 2.42. The average molecular weight is 225 g/mol. The van der Waals surface area contributed by atoms with Crippen molar-refractivity contribution < 1.29 is 19.4 Å². The molecule has 16 heavy (non-hydrogen) atoms. The number of aromatic nitrogens is 1. The molecule has 0 aliphatic carbocycles. The van der Waals surface area contributed by atoms with Gasteiger partial charge in [0.25, 0.3) is 0 Å². The van der Waals surface area contributed by atoms with E-state index in [1.165, 1.54) is 20.4 Å². The third-order valence-electron chi connectivity index (χ3n) is 2.38. The number of hydrogen-bond acceptors (Lipinski definition) is 4. The summed E-state index contributed by atoms with van der Waals surface area (Å²) >= 11 is 0. The predicted molar refractivity (Wildman–Crippen MR) is 58.0 cm³/mol. The summed E-state index contributed by atoms with van der Waals surface area (Å²) in [5, 5.41) is 9.09. The van der Waals surface area contributed by atoms with Crippen LogP contribution in [-0.2, 0) is 4.79 Å². The topological polar surface area (TPSA) is 68.7 Å². The molecule has 1 unspecified atom stereocenters. The van der Waals surface area contributed by atoms with Crippen LogP contribution >= 0.6 is 0 Å². The van der Waals surface area contributed by atoms with Gasteiger partial charge in [-0.05, 0) is 6.42 Å². The first-order chi connectivity index (χ1) is 7.63. The number of carbonyl (C=O) groups is 1. The number of hydrogen-bond donors (Lipinski definition) is 1. The predicted octanol–water partition coefficient (Wildman–Crippen LogP) is 1.68. The Morgan fingerprint density at radius 2 is 2.19 bits per heavy atom. The first kappa shape index (κ1) is 12.3. The number of aliphatic carboxylic acids is 1.